The normalized spacial score (nSPS) is 18.7. The molecule has 11 heteroatoms. The minimum atomic E-state index is -3.35. The molecule has 10 nitrogen and oxygen atoms in total. The lowest BCUT2D eigenvalue weighted by molar-refractivity contribution is -0.137. The average molecular weight is 562 g/mol. The monoisotopic (exact) mass is 561 g/mol. The number of para-hydroxylation sites is 1. The van der Waals surface area contributed by atoms with Crippen molar-refractivity contribution >= 4 is 38.7 Å². The molecule has 208 valence electrons. The van der Waals surface area contributed by atoms with Crippen molar-refractivity contribution in [3.63, 3.8) is 0 Å². The summed E-state index contributed by atoms with van der Waals surface area (Å²) in [7, 11) is -1.52. The number of carboxylic acid groups (broad SMARTS) is 1. The molecule has 0 aliphatic carbocycles. The Morgan fingerprint density at radius 3 is 2.80 bits per heavy atom. The van der Waals surface area contributed by atoms with Crippen molar-refractivity contribution in [2.75, 3.05) is 6.54 Å². The Bertz CT molecular complexity index is 1750. The van der Waals surface area contributed by atoms with Gasteiger partial charge in [-0.05, 0) is 66.4 Å². The molecule has 0 fully saturated rings. The van der Waals surface area contributed by atoms with Crippen LogP contribution in [0.5, 0.6) is 5.75 Å². The lowest BCUT2D eigenvalue weighted by atomic mass is 9.84. The molecule has 2 atom stereocenters. The topological polar surface area (TPSA) is 137 Å². The number of aromatic amines is 1. The Kier molecular flexibility index (Phi) is 6.54. The molecule has 40 heavy (non-hydrogen) atoms. The number of aliphatic carboxylic acids is 1. The van der Waals surface area contributed by atoms with E-state index in [4.69, 9.17) is 4.74 Å². The SMILES string of the molecule is Cc1c(C(CC(=O)O)c2cc(CN3C[C@@H](C)Oc4ccccc4S3(O)O)c3cc[nH]c3c2)ccc2c1nnn2C. The first kappa shape index (κ1) is 26.3. The molecule has 3 aromatic carbocycles. The van der Waals surface area contributed by atoms with Crippen molar-refractivity contribution in [1.82, 2.24) is 24.3 Å². The van der Waals surface area contributed by atoms with E-state index in [0.29, 0.717) is 17.2 Å². The highest BCUT2D eigenvalue weighted by Gasteiger charge is 2.34. The number of hydrogen-bond donors (Lipinski definition) is 4. The molecule has 1 aliphatic rings. The van der Waals surface area contributed by atoms with Crippen LogP contribution in [-0.4, -0.2) is 57.1 Å². The second kappa shape index (κ2) is 9.93. The third-order valence-electron chi connectivity index (χ3n) is 7.65. The van der Waals surface area contributed by atoms with Gasteiger partial charge in [0.15, 0.2) is 0 Å². The number of fused-ring (bicyclic) bond motifs is 3. The third-order valence-corrected chi connectivity index (χ3v) is 9.58. The molecule has 0 spiro atoms. The van der Waals surface area contributed by atoms with Gasteiger partial charge in [-0.25, -0.2) is 4.68 Å². The number of carboxylic acids is 1. The molecule has 6 rings (SSSR count). The summed E-state index contributed by atoms with van der Waals surface area (Å²) in [5.74, 6) is -0.904. The number of ether oxygens (including phenoxy) is 1. The van der Waals surface area contributed by atoms with E-state index < -0.39 is 22.7 Å². The van der Waals surface area contributed by atoms with Gasteiger partial charge in [0.05, 0.1) is 18.5 Å². The number of nitrogens with zero attached hydrogens (tertiary/aromatic N) is 4. The van der Waals surface area contributed by atoms with Crippen LogP contribution in [0.4, 0.5) is 0 Å². The molecule has 0 bridgehead atoms. The maximum Gasteiger partial charge on any atom is 0.304 e. The van der Waals surface area contributed by atoms with E-state index in [1.165, 1.54) is 0 Å². The summed E-state index contributed by atoms with van der Waals surface area (Å²) in [4.78, 5) is 15.7. The summed E-state index contributed by atoms with van der Waals surface area (Å²) < 4.78 is 32.3. The number of H-pyrrole nitrogens is 1. The maximum atomic E-state index is 12.1. The van der Waals surface area contributed by atoms with Gasteiger partial charge in [-0.2, -0.15) is 4.31 Å². The largest absolute Gasteiger partial charge is 0.487 e. The molecular formula is C29H31N5O5S. The van der Waals surface area contributed by atoms with Gasteiger partial charge in [0.2, 0.25) is 0 Å². The standard InChI is InChI=1S/C29H31N5O5S/c1-17-15-34(40(37,38)27-7-5-4-6-26(27)39-17)16-20-12-19(13-24-22(20)10-11-30-24)23(14-28(35)36)21-8-9-25-29(18(21)2)31-32-33(25)3/h4-13,17,23,30,37-38H,14-16H2,1-3H3,(H,35,36)/t17-,23?/m1/s1. The Morgan fingerprint density at radius 2 is 2.00 bits per heavy atom. The van der Waals surface area contributed by atoms with Gasteiger partial charge in [0.25, 0.3) is 0 Å². The van der Waals surface area contributed by atoms with Crippen molar-refractivity contribution in [3.8, 4) is 5.75 Å². The number of aryl methyl sites for hydroxylation is 2. The molecular weight excluding hydrogens is 530 g/mol. The van der Waals surface area contributed by atoms with Gasteiger partial charge in [0, 0.05) is 36.6 Å². The molecule has 0 radical (unpaired) electrons. The first-order valence-electron chi connectivity index (χ1n) is 13.0. The van der Waals surface area contributed by atoms with Crippen molar-refractivity contribution in [2.45, 2.75) is 43.7 Å². The lowest BCUT2D eigenvalue weighted by Crippen LogP contribution is -2.33. The highest BCUT2D eigenvalue weighted by Crippen LogP contribution is 2.57. The molecule has 1 unspecified atom stereocenters. The van der Waals surface area contributed by atoms with Crippen LogP contribution in [0.3, 0.4) is 0 Å². The Labute approximate surface area is 232 Å². The number of nitrogens with one attached hydrogen (secondary N) is 1. The van der Waals surface area contributed by atoms with Gasteiger partial charge < -0.3 is 14.8 Å². The Morgan fingerprint density at radius 1 is 1.20 bits per heavy atom. The minimum Gasteiger partial charge on any atom is -0.487 e. The van der Waals surface area contributed by atoms with Crippen LogP contribution in [0.15, 0.2) is 65.7 Å². The van der Waals surface area contributed by atoms with Crippen LogP contribution in [0, 0.1) is 6.92 Å². The fourth-order valence-corrected chi connectivity index (χ4v) is 7.37. The zero-order valence-electron chi connectivity index (χ0n) is 22.4. The predicted molar refractivity (Wildman–Crippen MR) is 154 cm³/mol. The van der Waals surface area contributed by atoms with Crippen molar-refractivity contribution in [3.05, 3.63) is 83.0 Å². The Balaban J connectivity index is 1.46. The molecule has 0 saturated carbocycles. The van der Waals surface area contributed by atoms with Gasteiger partial charge >= 0.3 is 5.97 Å². The summed E-state index contributed by atoms with van der Waals surface area (Å²) in [6, 6.07) is 16.8. The second-order valence-corrected chi connectivity index (χ2v) is 12.3. The molecule has 3 heterocycles. The number of benzene rings is 3. The number of hydrogen-bond acceptors (Lipinski definition) is 7. The summed E-state index contributed by atoms with van der Waals surface area (Å²) >= 11 is 0. The second-order valence-electron chi connectivity index (χ2n) is 10.3. The summed E-state index contributed by atoms with van der Waals surface area (Å²) in [5, 5.41) is 19.3. The fraction of sp³-hybridized carbons (Fsp3) is 0.276. The third kappa shape index (κ3) is 4.50. The van der Waals surface area contributed by atoms with Crippen LogP contribution >= 0.6 is 10.8 Å². The number of rotatable bonds is 6. The van der Waals surface area contributed by atoms with Gasteiger partial charge in [-0.15, -0.1) is 15.9 Å². The minimum absolute atomic E-state index is 0.116. The quantitative estimate of drug-likeness (QED) is 0.208. The predicted octanol–water partition coefficient (Wildman–Crippen LogP) is 5.67. The number of aromatic nitrogens is 4. The Hall–Kier alpha value is -3.90. The summed E-state index contributed by atoms with van der Waals surface area (Å²) in [5.41, 5.74) is 5.87. The smallest absolute Gasteiger partial charge is 0.304 e. The van der Waals surface area contributed by atoms with Crippen LogP contribution in [0.2, 0.25) is 0 Å². The van der Waals surface area contributed by atoms with E-state index in [1.54, 1.807) is 27.2 Å². The average Bonchev–Trinajstić information content (AvgIpc) is 3.52. The van der Waals surface area contributed by atoms with Crippen LogP contribution in [0.25, 0.3) is 21.9 Å². The van der Waals surface area contributed by atoms with E-state index in [1.807, 2.05) is 63.5 Å². The van der Waals surface area contributed by atoms with Crippen LogP contribution < -0.4 is 4.74 Å². The van der Waals surface area contributed by atoms with E-state index in [-0.39, 0.29) is 19.1 Å². The van der Waals surface area contributed by atoms with Crippen molar-refractivity contribution < 1.29 is 23.7 Å². The fourth-order valence-electron chi connectivity index (χ4n) is 5.71. The zero-order valence-corrected chi connectivity index (χ0v) is 23.2. The number of carbonyl (C=O) groups is 1. The van der Waals surface area contributed by atoms with E-state index >= 15 is 0 Å². The summed E-state index contributed by atoms with van der Waals surface area (Å²) in [6.45, 7) is 4.38. The maximum absolute atomic E-state index is 12.1. The van der Waals surface area contributed by atoms with Gasteiger partial charge in [0.1, 0.15) is 22.3 Å². The van der Waals surface area contributed by atoms with Crippen molar-refractivity contribution in [2.24, 2.45) is 7.05 Å². The first-order chi connectivity index (χ1) is 19.1. The molecule has 5 aromatic rings. The first-order valence-corrected chi connectivity index (χ1v) is 14.5. The van der Waals surface area contributed by atoms with Gasteiger partial charge in [-0.3, -0.25) is 13.9 Å². The highest BCUT2D eigenvalue weighted by molar-refractivity contribution is 8.22. The molecule has 0 amide bonds. The summed E-state index contributed by atoms with van der Waals surface area (Å²) in [6.07, 6.45) is 1.44. The lowest BCUT2D eigenvalue weighted by Gasteiger charge is -2.41. The van der Waals surface area contributed by atoms with E-state index in [2.05, 4.69) is 15.3 Å². The van der Waals surface area contributed by atoms with E-state index in [9.17, 15) is 19.0 Å². The van der Waals surface area contributed by atoms with Crippen LogP contribution in [-0.2, 0) is 18.4 Å². The molecule has 4 N–H and O–H groups in total. The molecule has 1 aliphatic heterocycles. The zero-order chi connectivity index (χ0) is 28.2. The van der Waals surface area contributed by atoms with Crippen molar-refractivity contribution in [1.29, 1.82) is 0 Å². The van der Waals surface area contributed by atoms with E-state index in [0.717, 1.165) is 44.2 Å². The van der Waals surface area contributed by atoms with Gasteiger partial charge in [-0.1, -0.05) is 29.5 Å². The highest BCUT2D eigenvalue weighted by atomic mass is 32.3. The molecule has 2 aromatic heterocycles. The van der Waals surface area contributed by atoms with Crippen LogP contribution in [0.1, 0.15) is 41.5 Å². The molecule has 0 saturated heterocycles.